The summed E-state index contributed by atoms with van der Waals surface area (Å²) in [7, 11) is 0. The van der Waals surface area contributed by atoms with Gasteiger partial charge >= 0.3 is 0 Å². The van der Waals surface area contributed by atoms with Crippen LogP contribution in [-0.4, -0.2) is 16.6 Å². The number of nitrogens with one attached hydrogen (secondary N) is 1. The largest absolute Gasteiger partial charge is 0.467 e. The number of anilines is 2. The predicted octanol–water partition coefficient (Wildman–Crippen LogP) is 6.40. The van der Waals surface area contributed by atoms with Gasteiger partial charge in [0.05, 0.1) is 22.6 Å². The number of ketones is 1. The molecule has 1 aliphatic carbocycles. The number of carbonyl (C=O) groups excluding carboxylic acids is 2. The van der Waals surface area contributed by atoms with Gasteiger partial charge < -0.3 is 9.73 Å². The van der Waals surface area contributed by atoms with E-state index in [1.54, 1.807) is 47.4 Å². The highest BCUT2D eigenvalue weighted by Gasteiger charge is 2.43. The molecular weight excluding hydrogens is 482 g/mol. The van der Waals surface area contributed by atoms with E-state index in [-0.39, 0.29) is 29.7 Å². The van der Waals surface area contributed by atoms with Crippen LogP contribution in [-0.2, 0) is 4.79 Å². The van der Waals surface area contributed by atoms with E-state index in [9.17, 15) is 19.7 Å². The third-order valence-electron chi connectivity index (χ3n) is 7.09. The highest BCUT2D eigenvalue weighted by molar-refractivity contribution is 6.11. The first-order valence-electron chi connectivity index (χ1n) is 12.3. The summed E-state index contributed by atoms with van der Waals surface area (Å²) in [6, 6.07) is 25.5. The van der Waals surface area contributed by atoms with Crippen molar-refractivity contribution in [1.82, 2.24) is 0 Å². The standard InChI is InChI=1S/C30H23N3O5/c34-26-18-21(20-10-6-11-22(16-20)33(36)37)17-24-28(26)29(27-14-7-15-38-27)32(25-13-5-4-12-23(25)31-24)30(35)19-8-2-1-3-9-19/h1-16,21,29,31H,17-18H2/t21-,29+/m0/s1. The molecule has 2 aliphatic rings. The second kappa shape index (κ2) is 9.48. The maximum absolute atomic E-state index is 14.0. The molecule has 0 bridgehead atoms. The number of nitro groups is 1. The molecule has 4 aromatic rings. The summed E-state index contributed by atoms with van der Waals surface area (Å²) in [6.45, 7) is 0. The minimum absolute atomic E-state index is 0.0120. The smallest absolute Gasteiger partial charge is 0.269 e. The molecule has 188 valence electrons. The highest BCUT2D eigenvalue weighted by atomic mass is 16.6. The molecule has 1 amide bonds. The zero-order valence-electron chi connectivity index (χ0n) is 20.2. The summed E-state index contributed by atoms with van der Waals surface area (Å²) in [5.74, 6) is -0.184. The second-order valence-corrected chi connectivity index (χ2v) is 9.37. The number of Topliss-reactive ketones (excluding diaryl/α,β-unsaturated/α-hetero) is 1. The molecule has 0 unspecified atom stereocenters. The van der Waals surface area contributed by atoms with Crippen molar-refractivity contribution in [3.05, 3.63) is 136 Å². The summed E-state index contributed by atoms with van der Waals surface area (Å²) in [5.41, 5.74) is 3.65. The van der Waals surface area contributed by atoms with E-state index in [2.05, 4.69) is 5.32 Å². The van der Waals surface area contributed by atoms with Crippen molar-refractivity contribution in [2.24, 2.45) is 0 Å². The second-order valence-electron chi connectivity index (χ2n) is 9.37. The van der Waals surface area contributed by atoms with Crippen LogP contribution in [0.5, 0.6) is 0 Å². The Hall–Kier alpha value is -4.98. The number of hydrogen-bond acceptors (Lipinski definition) is 6. The van der Waals surface area contributed by atoms with E-state index in [1.807, 2.05) is 36.4 Å². The van der Waals surface area contributed by atoms with E-state index in [0.29, 0.717) is 40.4 Å². The van der Waals surface area contributed by atoms with Crippen LogP contribution in [0.2, 0.25) is 0 Å². The van der Waals surface area contributed by atoms with Crippen LogP contribution >= 0.6 is 0 Å². The summed E-state index contributed by atoms with van der Waals surface area (Å²) in [4.78, 5) is 40.6. The van der Waals surface area contributed by atoms with E-state index in [1.165, 1.54) is 18.4 Å². The fourth-order valence-electron chi connectivity index (χ4n) is 5.38. The number of nitrogens with zero attached hydrogens (tertiary/aromatic N) is 2. The van der Waals surface area contributed by atoms with Gasteiger partial charge in [0, 0.05) is 35.4 Å². The van der Waals surface area contributed by atoms with Gasteiger partial charge in [0.2, 0.25) is 0 Å². The van der Waals surface area contributed by atoms with Crippen molar-refractivity contribution in [3.8, 4) is 0 Å². The molecule has 2 heterocycles. The monoisotopic (exact) mass is 505 g/mol. The van der Waals surface area contributed by atoms with Crippen molar-refractivity contribution in [1.29, 1.82) is 0 Å². The first-order valence-corrected chi connectivity index (χ1v) is 12.3. The summed E-state index contributed by atoms with van der Waals surface area (Å²) < 4.78 is 5.83. The van der Waals surface area contributed by atoms with E-state index in [0.717, 1.165) is 5.56 Å². The molecule has 8 heteroatoms. The molecule has 1 aromatic heterocycles. The van der Waals surface area contributed by atoms with Crippen LogP contribution in [0, 0.1) is 10.1 Å². The number of non-ortho nitro benzene ring substituents is 1. The van der Waals surface area contributed by atoms with Crippen LogP contribution in [0.15, 0.2) is 113 Å². The SMILES string of the molecule is O=C1C[C@@H](c2cccc([N+](=O)[O-])c2)CC2=C1[C@@H](c1ccco1)N(C(=O)c1ccccc1)c1ccccc1N2. The number of para-hydroxylation sites is 2. The van der Waals surface area contributed by atoms with Crippen LogP contribution in [0.1, 0.15) is 46.5 Å². The number of allylic oxidation sites excluding steroid dienone is 1. The zero-order valence-corrected chi connectivity index (χ0v) is 20.2. The number of hydrogen-bond donors (Lipinski definition) is 1. The molecule has 0 spiro atoms. The Balaban J connectivity index is 1.52. The Bertz CT molecular complexity index is 1580. The van der Waals surface area contributed by atoms with Gasteiger partial charge in [0.1, 0.15) is 11.8 Å². The number of fused-ring (bicyclic) bond motifs is 1. The van der Waals surface area contributed by atoms with Crippen molar-refractivity contribution in [3.63, 3.8) is 0 Å². The third-order valence-corrected chi connectivity index (χ3v) is 7.09. The van der Waals surface area contributed by atoms with Crippen LogP contribution in [0.4, 0.5) is 17.1 Å². The van der Waals surface area contributed by atoms with Gasteiger partial charge in [-0.2, -0.15) is 0 Å². The van der Waals surface area contributed by atoms with Gasteiger partial charge in [-0.15, -0.1) is 0 Å². The molecule has 0 saturated carbocycles. The normalized spacial score (nSPS) is 18.7. The number of rotatable bonds is 4. The van der Waals surface area contributed by atoms with Crippen LogP contribution in [0.3, 0.4) is 0 Å². The number of nitro benzene ring substituents is 1. The van der Waals surface area contributed by atoms with Gasteiger partial charge in [-0.3, -0.25) is 24.6 Å². The van der Waals surface area contributed by atoms with Crippen LogP contribution < -0.4 is 10.2 Å². The van der Waals surface area contributed by atoms with Gasteiger partial charge in [-0.25, -0.2) is 0 Å². The molecule has 1 aliphatic heterocycles. The molecule has 2 atom stereocenters. The quantitative estimate of drug-likeness (QED) is 0.254. The van der Waals surface area contributed by atoms with Gasteiger partial charge in [-0.1, -0.05) is 42.5 Å². The molecule has 1 N–H and O–H groups in total. The Morgan fingerprint density at radius 3 is 2.50 bits per heavy atom. The molecule has 3 aromatic carbocycles. The van der Waals surface area contributed by atoms with E-state index < -0.39 is 11.0 Å². The van der Waals surface area contributed by atoms with E-state index in [4.69, 9.17) is 4.42 Å². The molecule has 38 heavy (non-hydrogen) atoms. The molecule has 0 saturated heterocycles. The van der Waals surface area contributed by atoms with Crippen molar-refractivity contribution in [2.45, 2.75) is 24.8 Å². The van der Waals surface area contributed by atoms with Crippen molar-refractivity contribution in [2.75, 3.05) is 10.2 Å². The van der Waals surface area contributed by atoms with Crippen LogP contribution in [0.25, 0.3) is 0 Å². The first-order chi connectivity index (χ1) is 18.5. The van der Waals surface area contributed by atoms with Gasteiger partial charge in [0.15, 0.2) is 5.78 Å². The molecule has 6 rings (SSSR count). The Labute approximate surface area is 218 Å². The molecular formula is C30H23N3O5. The lowest BCUT2D eigenvalue weighted by Gasteiger charge is -2.33. The Kier molecular flexibility index (Phi) is 5.84. The van der Waals surface area contributed by atoms with Gasteiger partial charge in [-0.05, 0) is 54.3 Å². The lowest BCUT2D eigenvalue weighted by molar-refractivity contribution is -0.384. The summed E-state index contributed by atoms with van der Waals surface area (Å²) in [5, 5.41) is 14.8. The average Bonchev–Trinajstić information content (AvgIpc) is 3.43. The number of carbonyl (C=O) groups is 2. The lowest BCUT2D eigenvalue weighted by atomic mass is 9.79. The first kappa shape index (κ1) is 23.4. The average molecular weight is 506 g/mol. The number of benzene rings is 3. The highest BCUT2D eigenvalue weighted by Crippen LogP contribution is 2.48. The molecule has 0 fully saturated rings. The molecule has 8 nitrogen and oxygen atoms in total. The lowest BCUT2D eigenvalue weighted by Crippen LogP contribution is -2.38. The number of furan rings is 1. The zero-order chi connectivity index (χ0) is 26.2. The third kappa shape index (κ3) is 4.06. The number of amides is 1. The Morgan fingerprint density at radius 1 is 0.947 bits per heavy atom. The minimum atomic E-state index is -0.789. The topological polar surface area (TPSA) is 106 Å². The van der Waals surface area contributed by atoms with Crippen molar-refractivity contribution < 1.29 is 18.9 Å². The van der Waals surface area contributed by atoms with Gasteiger partial charge in [0.25, 0.3) is 11.6 Å². The fraction of sp³-hybridized carbons (Fsp3) is 0.133. The summed E-state index contributed by atoms with van der Waals surface area (Å²) in [6.07, 6.45) is 2.13. The maximum Gasteiger partial charge on any atom is 0.269 e. The Morgan fingerprint density at radius 2 is 1.74 bits per heavy atom. The molecule has 0 radical (unpaired) electrons. The minimum Gasteiger partial charge on any atom is -0.467 e. The maximum atomic E-state index is 14.0. The van der Waals surface area contributed by atoms with Crippen molar-refractivity contribution >= 4 is 28.8 Å². The summed E-state index contributed by atoms with van der Waals surface area (Å²) >= 11 is 0. The fourth-order valence-corrected chi connectivity index (χ4v) is 5.38. The predicted molar refractivity (Wildman–Crippen MR) is 142 cm³/mol. The van der Waals surface area contributed by atoms with E-state index >= 15 is 0 Å².